The van der Waals surface area contributed by atoms with E-state index in [1.807, 2.05) is 53.3 Å². The molecule has 1 aromatic carbocycles. The average Bonchev–Trinajstić information content (AvgIpc) is 3.55. The van der Waals surface area contributed by atoms with Gasteiger partial charge in [0.1, 0.15) is 10.7 Å². The number of anilines is 1. The number of nitrogens with zero attached hydrogens (tertiary/aromatic N) is 5. The van der Waals surface area contributed by atoms with E-state index < -0.39 is 10.0 Å². The minimum Gasteiger partial charge on any atom is -0.366 e. The van der Waals surface area contributed by atoms with Crippen molar-refractivity contribution in [3.63, 3.8) is 0 Å². The van der Waals surface area contributed by atoms with E-state index in [1.54, 1.807) is 24.5 Å². The van der Waals surface area contributed by atoms with E-state index in [2.05, 4.69) is 15.3 Å². The first-order valence-corrected chi connectivity index (χ1v) is 12.3. The van der Waals surface area contributed by atoms with Gasteiger partial charge in [-0.1, -0.05) is 18.2 Å². The van der Waals surface area contributed by atoms with E-state index in [-0.39, 0.29) is 4.90 Å². The van der Waals surface area contributed by atoms with Crippen LogP contribution < -0.4 is 5.32 Å². The number of hydrogen-bond donors (Lipinski definition) is 1. The van der Waals surface area contributed by atoms with Crippen LogP contribution >= 0.6 is 0 Å². The minimum absolute atomic E-state index is 0.226. The predicted octanol–water partition coefficient (Wildman–Crippen LogP) is 3.73. The molecule has 0 aliphatic carbocycles. The number of aromatic nitrogens is 4. The van der Waals surface area contributed by atoms with Gasteiger partial charge in [-0.25, -0.2) is 18.1 Å². The summed E-state index contributed by atoms with van der Waals surface area (Å²) in [4.78, 5) is 8.67. The Bertz CT molecular complexity index is 1320. The zero-order chi connectivity index (χ0) is 22.7. The van der Waals surface area contributed by atoms with Crippen molar-refractivity contribution in [3.05, 3.63) is 84.9 Å². The SMILES string of the molecule is O=S(=O)(c1ccc(NCc2cn(-c3ccccc3)nc2-c2ccncc2)nc1)N1CCCC1. The Morgan fingerprint density at radius 3 is 2.39 bits per heavy atom. The molecule has 1 aliphatic rings. The largest absolute Gasteiger partial charge is 0.366 e. The minimum atomic E-state index is -3.47. The highest BCUT2D eigenvalue weighted by Crippen LogP contribution is 2.25. The normalized spacial score (nSPS) is 14.4. The van der Waals surface area contributed by atoms with E-state index in [0.29, 0.717) is 25.5 Å². The van der Waals surface area contributed by atoms with E-state index >= 15 is 0 Å². The fourth-order valence-electron chi connectivity index (χ4n) is 3.91. The Labute approximate surface area is 193 Å². The molecule has 4 heterocycles. The lowest BCUT2D eigenvalue weighted by Crippen LogP contribution is -2.27. The monoisotopic (exact) mass is 460 g/mol. The van der Waals surface area contributed by atoms with Crippen LogP contribution in [0.4, 0.5) is 5.82 Å². The fraction of sp³-hybridized carbons (Fsp3) is 0.208. The molecule has 0 spiro atoms. The van der Waals surface area contributed by atoms with Crippen LogP contribution in [-0.4, -0.2) is 45.6 Å². The van der Waals surface area contributed by atoms with Gasteiger partial charge in [0.2, 0.25) is 10.0 Å². The average molecular weight is 461 g/mol. The number of nitrogens with one attached hydrogen (secondary N) is 1. The standard InChI is InChI=1S/C24H24N6O2S/c31-33(32,29-14-4-5-15-29)22-8-9-23(27-17-22)26-16-20-18-30(21-6-2-1-3-7-21)28-24(20)19-10-12-25-13-11-19/h1-3,6-13,17-18H,4-5,14-16H2,(H,26,27). The fourth-order valence-corrected chi connectivity index (χ4v) is 5.37. The highest BCUT2D eigenvalue weighted by atomic mass is 32.2. The maximum atomic E-state index is 12.7. The molecule has 1 fully saturated rings. The molecule has 3 aromatic heterocycles. The zero-order valence-corrected chi connectivity index (χ0v) is 18.8. The molecule has 0 radical (unpaired) electrons. The summed E-state index contributed by atoms with van der Waals surface area (Å²) in [5.41, 5.74) is 3.77. The Balaban J connectivity index is 1.37. The van der Waals surface area contributed by atoms with Gasteiger partial charge >= 0.3 is 0 Å². The van der Waals surface area contributed by atoms with Crippen LogP contribution in [-0.2, 0) is 16.6 Å². The number of pyridine rings is 2. The van der Waals surface area contributed by atoms with Crippen LogP contribution in [0.5, 0.6) is 0 Å². The van der Waals surface area contributed by atoms with Gasteiger partial charge in [0.05, 0.1) is 11.4 Å². The molecule has 8 nitrogen and oxygen atoms in total. The van der Waals surface area contributed by atoms with E-state index in [1.165, 1.54) is 10.5 Å². The molecule has 1 N–H and O–H groups in total. The van der Waals surface area contributed by atoms with Gasteiger partial charge in [-0.2, -0.15) is 9.40 Å². The van der Waals surface area contributed by atoms with Crippen LogP contribution in [0.25, 0.3) is 16.9 Å². The second-order valence-electron chi connectivity index (χ2n) is 7.86. The summed E-state index contributed by atoms with van der Waals surface area (Å²) in [6, 6.07) is 17.1. The van der Waals surface area contributed by atoms with Crippen LogP contribution in [0.2, 0.25) is 0 Å². The van der Waals surface area contributed by atoms with Gasteiger partial charge in [-0.3, -0.25) is 4.98 Å². The molecule has 5 rings (SSSR count). The Morgan fingerprint density at radius 1 is 0.939 bits per heavy atom. The molecular formula is C24H24N6O2S. The topological polar surface area (TPSA) is 93.0 Å². The van der Waals surface area contributed by atoms with Crippen molar-refractivity contribution in [2.24, 2.45) is 0 Å². The van der Waals surface area contributed by atoms with E-state index in [9.17, 15) is 8.42 Å². The molecule has 1 aliphatic heterocycles. The molecule has 0 saturated carbocycles. The highest BCUT2D eigenvalue weighted by molar-refractivity contribution is 7.89. The van der Waals surface area contributed by atoms with Crippen molar-refractivity contribution in [1.82, 2.24) is 24.1 Å². The maximum absolute atomic E-state index is 12.7. The lowest BCUT2D eigenvalue weighted by molar-refractivity contribution is 0.477. The van der Waals surface area contributed by atoms with Crippen molar-refractivity contribution in [1.29, 1.82) is 0 Å². The molecule has 0 unspecified atom stereocenters. The zero-order valence-electron chi connectivity index (χ0n) is 18.0. The second-order valence-corrected chi connectivity index (χ2v) is 9.80. The number of para-hydroxylation sites is 1. The molecule has 9 heteroatoms. The number of sulfonamides is 1. The number of hydrogen-bond acceptors (Lipinski definition) is 6. The van der Waals surface area contributed by atoms with Crippen molar-refractivity contribution >= 4 is 15.8 Å². The molecule has 168 valence electrons. The molecule has 0 amide bonds. The second kappa shape index (κ2) is 9.13. The van der Waals surface area contributed by atoms with Gasteiger partial charge in [-0.05, 0) is 49.2 Å². The molecular weight excluding hydrogens is 436 g/mol. The van der Waals surface area contributed by atoms with E-state index in [4.69, 9.17) is 5.10 Å². The lowest BCUT2D eigenvalue weighted by Gasteiger charge is -2.15. The Kier molecular flexibility index (Phi) is 5.89. The molecule has 4 aromatic rings. The predicted molar refractivity (Wildman–Crippen MR) is 126 cm³/mol. The molecule has 1 saturated heterocycles. The summed E-state index contributed by atoms with van der Waals surface area (Å²) < 4.78 is 28.8. The first-order valence-electron chi connectivity index (χ1n) is 10.9. The summed E-state index contributed by atoms with van der Waals surface area (Å²) in [6.07, 6.45) is 8.72. The van der Waals surface area contributed by atoms with Crippen molar-refractivity contribution in [3.8, 4) is 16.9 Å². The quantitative estimate of drug-likeness (QED) is 0.452. The summed E-state index contributed by atoms with van der Waals surface area (Å²) in [6.45, 7) is 1.63. The third kappa shape index (κ3) is 4.50. The van der Waals surface area contributed by atoms with Gasteiger partial charge in [0, 0.05) is 55.5 Å². The van der Waals surface area contributed by atoms with Gasteiger partial charge < -0.3 is 5.32 Å². The maximum Gasteiger partial charge on any atom is 0.244 e. The van der Waals surface area contributed by atoms with Crippen LogP contribution in [0, 0.1) is 0 Å². The first-order chi connectivity index (χ1) is 16.1. The van der Waals surface area contributed by atoms with Crippen molar-refractivity contribution < 1.29 is 8.42 Å². The van der Waals surface area contributed by atoms with E-state index in [0.717, 1.165) is 35.3 Å². The summed E-state index contributed by atoms with van der Waals surface area (Å²) in [5, 5.41) is 8.09. The Morgan fingerprint density at radius 2 is 1.70 bits per heavy atom. The lowest BCUT2D eigenvalue weighted by atomic mass is 10.1. The molecule has 0 bridgehead atoms. The number of benzene rings is 1. The Hall–Kier alpha value is -3.56. The highest BCUT2D eigenvalue weighted by Gasteiger charge is 2.27. The first kappa shape index (κ1) is 21.3. The molecule has 0 atom stereocenters. The van der Waals surface area contributed by atoms with Crippen LogP contribution in [0.15, 0.2) is 84.3 Å². The summed E-state index contributed by atoms with van der Waals surface area (Å²) in [7, 11) is -3.47. The van der Waals surface area contributed by atoms with Crippen LogP contribution in [0.3, 0.4) is 0 Å². The molecule has 33 heavy (non-hydrogen) atoms. The van der Waals surface area contributed by atoms with Crippen LogP contribution in [0.1, 0.15) is 18.4 Å². The van der Waals surface area contributed by atoms with Crippen molar-refractivity contribution in [2.45, 2.75) is 24.3 Å². The van der Waals surface area contributed by atoms with Crippen molar-refractivity contribution in [2.75, 3.05) is 18.4 Å². The third-order valence-corrected chi connectivity index (χ3v) is 7.55. The third-order valence-electron chi connectivity index (χ3n) is 5.66. The van der Waals surface area contributed by atoms with Gasteiger partial charge in [-0.15, -0.1) is 0 Å². The van der Waals surface area contributed by atoms with Gasteiger partial charge in [0.25, 0.3) is 0 Å². The van der Waals surface area contributed by atoms with Gasteiger partial charge in [0.15, 0.2) is 0 Å². The number of rotatable bonds is 7. The smallest absolute Gasteiger partial charge is 0.244 e. The summed E-state index contributed by atoms with van der Waals surface area (Å²) >= 11 is 0. The summed E-state index contributed by atoms with van der Waals surface area (Å²) in [5.74, 6) is 0.600.